The molecule has 0 saturated carbocycles. The molecule has 0 saturated heterocycles. The molecule has 0 unspecified atom stereocenters. The number of nitrogens with one attached hydrogen (secondary N) is 1. The van der Waals surface area contributed by atoms with Gasteiger partial charge in [-0.1, -0.05) is 36.7 Å². The third kappa shape index (κ3) is 5.35. The van der Waals surface area contributed by atoms with E-state index < -0.39 is 22.4 Å². The summed E-state index contributed by atoms with van der Waals surface area (Å²) >= 11 is 6.11. The van der Waals surface area contributed by atoms with E-state index in [0.29, 0.717) is 17.0 Å². The van der Waals surface area contributed by atoms with Crippen LogP contribution in [0.25, 0.3) is 0 Å². The second-order valence-electron chi connectivity index (χ2n) is 4.12. The highest BCUT2D eigenvalue weighted by Gasteiger charge is 2.27. The number of methoxy groups -OCH3 is 1. The molecule has 2 atom stereocenters. The molecule has 0 aliphatic carbocycles. The van der Waals surface area contributed by atoms with Crippen molar-refractivity contribution < 1.29 is 22.4 Å². The highest BCUT2D eigenvalue weighted by atomic mass is 35.5. The molecule has 0 aromatic heterocycles. The van der Waals surface area contributed by atoms with Crippen LogP contribution in [0.15, 0.2) is 24.3 Å². The van der Waals surface area contributed by atoms with Crippen LogP contribution >= 0.6 is 11.6 Å². The Hall–Kier alpha value is -0.700. The standard InChI is InChI=1S/C12H18ClNO5S/c1-3-11(14-20(15,16)17)12(19-8-18-2)9-6-4-5-7-10(9)13/h4-7,11-12,14H,3,8H2,1-2H3,(H,15,16,17)/t11-,12-/m1/s1. The molecule has 1 aromatic carbocycles. The number of hydrogen-bond acceptors (Lipinski definition) is 4. The van der Waals surface area contributed by atoms with Crippen molar-refractivity contribution in [1.29, 1.82) is 0 Å². The van der Waals surface area contributed by atoms with Gasteiger partial charge in [0.05, 0.1) is 6.04 Å². The molecule has 0 aliphatic rings. The molecule has 6 nitrogen and oxygen atoms in total. The normalized spacial score (nSPS) is 15.0. The molecular weight excluding hydrogens is 306 g/mol. The van der Waals surface area contributed by atoms with Gasteiger partial charge in [-0.2, -0.15) is 13.1 Å². The van der Waals surface area contributed by atoms with Crippen molar-refractivity contribution in [2.45, 2.75) is 25.5 Å². The van der Waals surface area contributed by atoms with Crippen LogP contribution in [0.5, 0.6) is 0 Å². The minimum Gasteiger partial charge on any atom is -0.359 e. The number of halogens is 1. The lowest BCUT2D eigenvalue weighted by Crippen LogP contribution is -2.39. The van der Waals surface area contributed by atoms with E-state index in [-0.39, 0.29) is 6.79 Å². The first-order valence-electron chi connectivity index (χ1n) is 5.98. The number of rotatable bonds is 8. The Kier molecular flexibility index (Phi) is 6.87. The lowest BCUT2D eigenvalue weighted by molar-refractivity contribution is -0.0836. The molecule has 114 valence electrons. The van der Waals surface area contributed by atoms with Crippen LogP contribution in [0.1, 0.15) is 25.0 Å². The van der Waals surface area contributed by atoms with Gasteiger partial charge in [-0.05, 0) is 12.5 Å². The topological polar surface area (TPSA) is 84.9 Å². The van der Waals surface area contributed by atoms with Gasteiger partial charge in [0, 0.05) is 17.7 Å². The molecule has 1 aromatic rings. The van der Waals surface area contributed by atoms with Crippen molar-refractivity contribution >= 4 is 21.9 Å². The maximum Gasteiger partial charge on any atom is 0.333 e. The molecule has 8 heteroatoms. The second kappa shape index (κ2) is 7.92. The monoisotopic (exact) mass is 323 g/mol. The predicted octanol–water partition coefficient (Wildman–Crippen LogP) is 2.17. The molecule has 0 aliphatic heterocycles. The summed E-state index contributed by atoms with van der Waals surface area (Å²) in [6, 6.07) is 6.28. The fourth-order valence-electron chi connectivity index (χ4n) is 1.82. The first-order chi connectivity index (χ1) is 9.39. The van der Waals surface area contributed by atoms with Gasteiger partial charge >= 0.3 is 10.3 Å². The van der Waals surface area contributed by atoms with Crippen molar-refractivity contribution in [3.05, 3.63) is 34.9 Å². The summed E-state index contributed by atoms with van der Waals surface area (Å²) < 4.78 is 43.5. The fourth-order valence-corrected chi connectivity index (χ4v) is 2.74. The van der Waals surface area contributed by atoms with Gasteiger partial charge in [-0.25, -0.2) is 0 Å². The van der Waals surface area contributed by atoms with E-state index in [1.54, 1.807) is 31.2 Å². The smallest absolute Gasteiger partial charge is 0.333 e. The van der Waals surface area contributed by atoms with Crippen LogP contribution in [-0.4, -0.2) is 32.9 Å². The van der Waals surface area contributed by atoms with Gasteiger partial charge in [0.15, 0.2) is 0 Å². The van der Waals surface area contributed by atoms with E-state index in [1.165, 1.54) is 7.11 Å². The molecule has 0 radical (unpaired) electrons. The Morgan fingerprint density at radius 2 is 2.05 bits per heavy atom. The lowest BCUT2D eigenvalue weighted by Gasteiger charge is -2.27. The Bertz CT molecular complexity index is 522. The summed E-state index contributed by atoms with van der Waals surface area (Å²) in [7, 11) is -2.88. The largest absolute Gasteiger partial charge is 0.359 e. The molecule has 0 bridgehead atoms. The average Bonchev–Trinajstić information content (AvgIpc) is 2.38. The Balaban J connectivity index is 3.07. The van der Waals surface area contributed by atoms with E-state index in [0.717, 1.165) is 0 Å². The number of benzene rings is 1. The van der Waals surface area contributed by atoms with E-state index in [9.17, 15) is 8.42 Å². The SMILES string of the molecule is CC[C@@H](NS(=O)(=O)O)[C@H](OCOC)c1ccccc1Cl. The molecule has 0 spiro atoms. The zero-order chi connectivity index (χ0) is 15.2. The Morgan fingerprint density at radius 3 is 2.55 bits per heavy atom. The minimum absolute atomic E-state index is 0.0282. The van der Waals surface area contributed by atoms with Crippen LogP contribution in [0.2, 0.25) is 5.02 Å². The van der Waals surface area contributed by atoms with E-state index >= 15 is 0 Å². The predicted molar refractivity (Wildman–Crippen MR) is 75.9 cm³/mol. The minimum atomic E-state index is -4.34. The van der Waals surface area contributed by atoms with Gasteiger partial charge < -0.3 is 9.47 Å². The van der Waals surface area contributed by atoms with Gasteiger partial charge in [0.25, 0.3) is 0 Å². The van der Waals surface area contributed by atoms with Gasteiger partial charge in [0.2, 0.25) is 0 Å². The molecule has 1 rings (SSSR count). The summed E-state index contributed by atoms with van der Waals surface area (Å²) in [6.45, 7) is 1.74. The second-order valence-corrected chi connectivity index (χ2v) is 5.72. The maximum absolute atomic E-state index is 11.0. The van der Waals surface area contributed by atoms with Crippen molar-refractivity contribution in [2.24, 2.45) is 0 Å². The number of hydrogen-bond donors (Lipinski definition) is 2. The highest BCUT2D eigenvalue weighted by Crippen LogP contribution is 2.29. The first kappa shape index (κ1) is 17.4. The molecule has 2 N–H and O–H groups in total. The zero-order valence-electron chi connectivity index (χ0n) is 11.2. The molecule has 0 fully saturated rings. The van der Waals surface area contributed by atoms with Crippen molar-refractivity contribution in [3.8, 4) is 0 Å². The van der Waals surface area contributed by atoms with E-state index in [2.05, 4.69) is 4.72 Å². The molecular formula is C12H18ClNO5S. The fraction of sp³-hybridized carbons (Fsp3) is 0.500. The zero-order valence-corrected chi connectivity index (χ0v) is 12.8. The van der Waals surface area contributed by atoms with Crippen LogP contribution < -0.4 is 4.72 Å². The first-order valence-corrected chi connectivity index (χ1v) is 7.80. The van der Waals surface area contributed by atoms with Crippen LogP contribution in [0.3, 0.4) is 0 Å². The van der Waals surface area contributed by atoms with Gasteiger partial charge in [0.1, 0.15) is 12.9 Å². The van der Waals surface area contributed by atoms with Gasteiger partial charge in [-0.15, -0.1) is 0 Å². The Morgan fingerprint density at radius 1 is 1.40 bits per heavy atom. The summed E-state index contributed by atoms with van der Waals surface area (Å²) in [6.07, 6.45) is -0.269. The van der Waals surface area contributed by atoms with Crippen LogP contribution in [0, 0.1) is 0 Å². The number of ether oxygens (including phenoxy) is 2. The maximum atomic E-state index is 11.0. The average molecular weight is 324 g/mol. The van der Waals surface area contributed by atoms with Crippen molar-refractivity contribution in [1.82, 2.24) is 4.72 Å². The van der Waals surface area contributed by atoms with E-state index in [4.69, 9.17) is 25.6 Å². The molecule has 0 amide bonds. The van der Waals surface area contributed by atoms with Crippen molar-refractivity contribution in [2.75, 3.05) is 13.9 Å². The van der Waals surface area contributed by atoms with Gasteiger partial charge in [-0.3, -0.25) is 4.55 Å². The molecule has 20 heavy (non-hydrogen) atoms. The van der Waals surface area contributed by atoms with Crippen LogP contribution in [0.4, 0.5) is 0 Å². The highest BCUT2D eigenvalue weighted by molar-refractivity contribution is 7.83. The summed E-state index contributed by atoms with van der Waals surface area (Å²) in [5.74, 6) is 0. The summed E-state index contributed by atoms with van der Waals surface area (Å²) in [4.78, 5) is 0. The van der Waals surface area contributed by atoms with Crippen LogP contribution in [-0.2, 0) is 19.8 Å². The van der Waals surface area contributed by atoms with Crippen molar-refractivity contribution in [3.63, 3.8) is 0 Å². The lowest BCUT2D eigenvalue weighted by atomic mass is 10.0. The third-order valence-electron chi connectivity index (χ3n) is 2.68. The van der Waals surface area contributed by atoms with E-state index in [1.807, 2.05) is 0 Å². The third-order valence-corrected chi connectivity index (χ3v) is 3.63. The summed E-state index contributed by atoms with van der Waals surface area (Å²) in [5, 5.41) is 0.448. The molecule has 0 heterocycles. The quantitative estimate of drug-likeness (QED) is 0.565. The Labute approximate surface area is 123 Å². The summed E-state index contributed by atoms with van der Waals surface area (Å²) in [5.41, 5.74) is 0.620.